The van der Waals surface area contributed by atoms with Gasteiger partial charge < -0.3 is 34.8 Å². The standard InChI is InChI=1S/C30H38BrN3O8S/c1-18(2)15-34(43(37,38)20-8-9-26-22(13-20)23(14-32)28(31)41-26)16-25(35)24(12-19-6-4-3-5-7-19)33-30(36)42-27-17-40-29-21(27)10-11-39-29/h3-9,13,18,21,24-25,27,29,35H,10-12,14-17,32H2,1-2H3,(H,33,36)/t21-,24-,25+,27-,29+/m0/s1. The molecule has 5 rings (SSSR count). The third-order valence-corrected chi connectivity index (χ3v) is 10.3. The minimum Gasteiger partial charge on any atom is -0.449 e. The minimum absolute atomic E-state index is 0.0390. The fraction of sp³-hybridized carbons (Fsp3) is 0.500. The van der Waals surface area contributed by atoms with Crippen molar-refractivity contribution in [3.63, 3.8) is 0 Å². The number of nitrogens with two attached hydrogens (primary N) is 1. The van der Waals surface area contributed by atoms with Crippen LogP contribution in [0.2, 0.25) is 0 Å². The van der Waals surface area contributed by atoms with E-state index in [1.807, 2.05) is 44.2 Å². The van der Waals surface area contributed by atoms with Gasteiger partial charge in [0.25, 0.3) is 0 Å². The molecule has 3 heterocycles. The Labute approximate surface area is 259 Å². The Bertz CT molecular complexity index is 1520. The lowest BCUT2D eigenvalue weighted by Crippen LogP contribution is -2.51. The minimum atomic E-state index is -4.06. The van der Waals surface area contributed by atoms with Crippen molar-refractivity contribution in [2.45, 2.75) is 62.7 Å². The summed E-state index contributed by atoms with van der Waals surface area (Å²) >= 11 is 3.34. The first kappa shape index (κ1) is 31.9. The van der Waals surface area contributed by atoms with Gasteiger partial charge in [-0.3, -0.25) is 0 Å². The van der Waals surface area contributed by atoms with Crippen LogP contribution in [0.15, 0.2) is 62.5 Å². The summed E-state index contributed by atoms with van der Waals surface area (Å²) in [7, 11) is -4.06. The van der Waals surface area contributed by atoms with Gasteiger partial charge in [-0.1, -0.05) is 44.2 Å². The SMILES string of the molecule is CC(C)CN(C[C@@H](O)[C@H](Cc1ccccc1)NC(=O)O[C@H]1CO[C@H]2OCC[C@H]21)S(=O)(=O)c1ccc2oc(Br)c(CN)c2c1. The summed E-state index contributed by atoms with van der Waals surface area (Å²) in [5, 5.41) is 14.9. The molecule has 2 fully saturated rings. The number of alkyl carbamates (subject to hydrolysis) is 1. The number of nitrogens with one attached hydrogen (secondary N) is 1. The fourth-order valence-electron chi connectivity index (χ4n) is 5.63. The second-order valence-corrected chi connectivity index (χ2v) is 14.1. The van der Waals surface area contributed by atoms with Crippen molar-refractivity contribution in [3.8, 4) is 0 Å². The highest BCUT2D eigenvalue weighted by molar-refractivity contribution is 9.10. The smallest absolute Gasteiger partial charge is 0.407 e. The highest BCUT2D eigenvalue weighted by Gasteiger charge is 2.44. The molecule has 1 aromatic heterocycles. The Balaban J connectivity index is 1.37. The summed E-state index contributed by atoms with van der Waals surface area (Å²) in [5.74, 6) is -0.0780. The number of nitrogens with zero attached hydrogens (tertiary/aromatic N) is 1. The third-order valence-electron chi connectivity index (χ3n) is 7.82. The maximum Gasteiger partial charge on any atom is 0.407 e. The molecule has 11 nitrogen and oxygen atoms in total. The Morgan fingerprint density at radius 1 is 1.19 bits per heavy atom. The summed E-state index contributed by atoms with van der Waals surface area (Å²) in [5.41, 5.74) is 7.92. The Morgan fingerprint density at radius 2 is 1.95 bits per heavy atom. The molecule has 43 heavy (non-hydrogen) atoms. The number of amides is 1. The normalized spacial score (nSPS) is 21.8. The van der Waals surface area contributed by atoms with Gasteiger partial charge in [-0.2, -0.15) is 4.31 Å². The van der Waals surface area contributed by atoms with E-state index in [4.69, 9.17) is 24.4 Å². The number of carbonyl (C=O) groups excluding carboxylic acids is 1. The largest absolute Gasteiger partial charge is 0.449 e. The van der Waals surface area contributed by atoms with Gasteiger partial charge in [0.15, 0.2) is 11.0 Å². The number of benzene rings is 2. The van der Waals surface area contributed by atoms with Gasteiger partial charge in [-0.25, -0.2) is 13.2 Å². The first-order chi connectivity index (χ1) is 20.6. The second-order valence-electron chi connectivity index (χ2n) is 11.4. The number of hydrogen-bond acceptors (Lipinski definition) is 9. The molecule has 5 atom stereocenters. The zero-order valence-corrected chi connectivity index (χ0v) is 26.6. The quantitative estimate of drug-likeness (QED) is 0.260. The predicted molar refractivity (Wildman–Crippen MR) is 163 cm³/mol. The number of hydrogen-bond donors (Lipinski definition) is 3. The van der Waals surface area contributed by atoms with Gasteiger partial charge in [0, 0.05) is 30.6 Å². The maximum absolute atomic E-state index is 14.0. The van der Waals surface area contributed by atoms with E-state index in [2.05, 4.69) is 21.2 Å². The molecule has 0 radical (unpaired) electrons. The van der Waals surface area contributed by atoms with Crippen molar-refractivity contribution in [2.75, 3.05) is 26.3 Å². The van der Waals surface area contributed by atoms with Crippen LogP contribution in [-0.4, -0.2) is 74.8 Å². The summed E-state index contributed by atoms with van der Waals surface area (Å²) in [6.07, 6.45) is -1.80. The Hall–Kier alpha value is -2.52. The number of aliphatic hydroxyl groups excluding tert-OH is 1. The van der Waals surface area contributed by atoms with E-state index in [-0.39, 0.29) is 55.7 Å². The number of halogens is 1. The van der Waals surface area contributed by atoms with E-state index in [1.54, 1.807) is 12.1 Å². The number of sulfonamides is 1. The molecule has 0 bridgehead atoms. The van der Waals surface area contributed by atoms with Gasteiger partial charge in [0.2, 0.25) is 10.0 Å². The summed E-state index contributed by atoms with van der Waals surface area (Å²) in [6, 6.07) is 13.1. The molecule has 1 amide bonds. The van der Waals surface area contributed by atoms with Gasteiger partial charge in [0.05, 0.1) is 36.2 Å². The molecule has 2 aliphatic heterocycles. The molecule has 0 spiro atoms. The van der Waals surface area contributed by atoms with Crippen LogP contribution < -0.4 is 11.1 Å². The molecule has 0 saturated carbocycles. The van der Waals surface area contributed by atoms with Crippen LogP contribution in [0.25, 0.3) is 11.0 Å². The number of ether oxygens (including phenoxy) is 3. The second kappa shape index (κ2) is 13.6. The highest BCUT2D eigenvalue weighted by atomic mass is 79.9. The molecule has 0 aliphatic carbocycles. The van der Waals surface area contributed by atoms with Crippen molar-refractivity contribution < 1.29 is 36.9 Å². The topological polar surface area (TPSA) is 154 Å². The molecule has 2 aliphatic rings. The molecular formula is C30H38BrN3O8S. The molecule has 0 unspecified atom stereocenters. The van der Waals surface area contributed by atoms with Crippen LogP contribution in [0, 0.1) is 11.8 Å². The third kappa shape index (κ3) is 7.25. The van der Waals surface area contributed by atoms with Crippen molar-refractivity contribution in [1.82, 2.24) is 9.62 Å². The zero-order valence-electron chi connectivity index (χ0n) is 24.1. The summed E-state index contributed by atoms with van der Waals surface area (Å²) in [4.78, 5) is 13.1. The predicted octanol–water partition coefficient (Wildman–Crippen LogP) is 3.76. The Kier molecular flexibility index (Phi) is 10.1. The maximum atomic E-state index is 14.0. The zero-order chi connectivity index (χ0) is 30.7. The molecule has 3 aromatic rings. The van der Waals surface area contributed by atoms with Crippen LogP contribution in [0.4, 0.5) is 4.79 Å². The van der Waals surface area contributed by atoms with Crippen molar-refractivity contribution in [2.24, 2.45) is 17.6 Å². The molecule has 4 N–H and O–H groups in total. The lowest BCUT2D eigenvalue weighted by Gasteiger charge is -2.31. The monoisotopic (exact) mass is 679 g/mol. The van der Waals surface area contributed by atoms with Gasteiger partial charge in [0.1, 0.15) is 11.7 Å². The van der Waals surface area contributed by atoms with E-state index in [1.165, 1.54) is 10.4 Å². The van der Waals surface area contributed by atoms with E-state index in [0.717, 1.165) is 12.0 Å². The fourth-order valence-corrected chi connectivity index (χ4v) is 7.83. The summed E-state index contributed by atoms with van der Waals surface area (Å²) < 4.78 is 52.2. The van der Waals surface area contributed by atoms with Crippen LogP contribution in [0.3, 0.4) is 0 Å². The highest BCUT2D eigenvalue weighted by Crippen LogP contribution is 2.34. The number of rotatable bonds is 12. The summed E-state index contributed by atoms with van der Waals surface area (Å²) in [6.45, 7) is 4.65. The van der Waals surface area contributed by atoms with E-state index >= 15 is 0 Å². The lowest BCUT2D eigenvalue weighted by molar-refractivity contribution is -0.0907. The number of aliphatic hydroxyl groups is 1. The lowest BCUT2D eigenvalue weighted by atomic mass is 10.0. The first-order valence-corrected chi connectivity index (χ1v) is 16.6. The molecule has 13 heteroatoms. The van der Waals surface area contributed by atoms with Gasteiger partial charge in [-0.05, 0) is 58.5 Å². The van der Waals surface area contributed by atoms with Gasteiger partial charge >= 0.3 is 6.09 Å². The van der Waals surface area contributed by atoms with E-state index in [0.29, 0.717) is 27.8 Å². The number of fused-ring (bicyclic) bond motifs is 2. The first-order valence-electron chi connectivity index (χ1n) is 14.4. The van der Waals surface area contributed by atoms with E-state index in [9.17, 15) is 18.3 Å². The van der Waals surface area contributed by atoms with Crippen molar-refractivity contribution in [1.29, 1.82) is 0 Å². The van der Waals surface area contributed by atoms with Crippen LogP contribution in [0.1, 0.15) is 31.4 Å². The average molecular weight is 681 g/mol. The molecule has 234 valence electrons. The van der Waals surface area contributed by atoms with E-state index < -0.39 is 34.4 Å². The average Bonchev–Trinajstić information content (AvgIpc) is 3.67. The van der Waals surface area contributed by atoms with Crippen LogP contribution in [-0.2, 0) is 37.2 Å². The molecule has 2 saturated heterocycles. The van der Waals surface area contributed by atoms with Crippen molar-refractivity contribution >= 4 is 43.0 Å². The van der Waals surface area contributed by atoms with Crippen LogP contribution >= 0.6 is 15.9 Å². The molecule has 2 aromatic carbocycles. The van der Waals surface area contributed by atoms with Crippen molar-refractivity contribution in [3.05, 3.63) is 64.3 Å². The van der Waals surface area contributed by atoms with Crippen LogP contribution in [0.5, 0.6) is 0 Å². The number of furan rings is 1. The van der Waals surface area contributed by atoms with Gasteiger partial charge in [-0.15, -0.1) is 0 Å². The molecular weight excluding hydrogens is 642 g/mol. The Morgan fingerprint density at radius 3 is 2.67 bits per heavy atom. The number of carbonyl (C=O) groups is 1.